The Hall–Kier alpha value is -2.33. The maximum Gasteiger partial charge on any atom is 0.251 e. The molecular formula is C20H18Cl2N6O2S. The molecule has 160 valence electrons. The van der Waals surface area contributed by atoms with E-state index in [9.17, 15) is 9.59 Å². The molecule has 1 atom stereocenters. The topological polar surface area (TPSA) is 84.2 Å². The van der Waals surface area contributed by atoms with Gasteiger partial charge in [-0.2, -0.15) is 4.80 Å². The van der Waals surface area contributed by atoms with E-state index in [2.05, 4.69) is 20.3 Å². The standard InChI is InChI=1S/C20H18Cl2N6O2S/c21-12-3-4-15(14(22)10-12)27-18(29)11-16(20(27)30)26-7-5-13(6-8-26)28-24-19(23-25-28)17-2-1-9-31-17/h1-4,9-10,13,16H,5-8,11H2/t16-/m1/s1. The van der Waals surface area contributed by atoms with Crippen molar-refractivity contribution in [2.45, 2.75) is 31.3 Å². The average Bonchev–Trinajstić information content (AvgIpc) is 3.50. The van der Waals surface area contributed by atoms with E-state index in [1.807, 2.05) is 17.5 Å². The van der Waals surface area contributed by atoms with Crippen molar-refractivity contribution in [2.24, 2.45) is 0 Å². The highest BCUT2D eigenvalue weighted by atomic mass is 35.5. The molecule has 4 heterocycles. The molecule has 0 unspecified atom stereocenters. The van der Waals surface area contributed by atoms with Gasteiger partial charge in [0, 0.05) is 18.1 Å². The number of thiophene rings is 1. The van der Waals surface area contributed by atoms with E-state index in [1.54, 1.807) is 28.3 Å². The van der Waals surface area contributed by atoms with Gasteiger partial charge in [0.2, 0.25) is 11.7 Å². The lowest BCUT2D eigenvalue weighted by Gasteiger charge is -2.34. The molecule has 11 heteroatoms. The summed E-state index contributed by atoms with van der Waals surface area (Å²) in [4.78, 5) is 31.6. The molecule has 3 aromatic rings. The summed E-state index contributed by atoms with van der Waals surface area (Å²) >= 11 is 13.8. The van der Waals surface area contributed by atoms with Crippen molar-refractivity contribution in [3.63, 3.8) is 0 Å². The zero-order chi connectivity index (χ0) is 21.5. The molecule has 5 rings (SSSR count). The summed E-state index contributed by atoms with van der Waals surface area (Å²) in [6.07, 6.45) is 1.70. The second kappa shape index (κ2) is 8.31. The number of hydrogen-bond donors (Lipinski definition) is 0. The fourth-order valence-corrected chi connectivity index (χ4v) is 5.27. The maximum atomic E-state index is 13.1. The quantitative estimate of drug-likeness (QED) is 0.534. The second-order valence-corrected chi connectivity index (χ2v) is 9.35. The zero-order valence-corrected chi connectivity index (χ0v) is 18.6. The fraction of sp³-hybridized carbons (Fsp3) is 0.350. The van der Waals surface area contributed by atoms with Crippen LogP contribution in [0.5, 0.6) is 0 Å². The number of carbonyl (C=O) groups excluding carboxylic acids is 2. The summed E-state index contributed by atoms with van der Waals surface area (Å²) in [5.74, 6) is 0.135. The number of piperidine rings is 1. The van der Waals surface area contributed by atoms with E-state index in [-0.39, 0.29) is 29.3 Å². The van der Waals surface area contributed by atoms with Crippen LogP contribution < -0.4 is 4.90 Å². The number of amides is 2. The summed E-state index contributed by atoms with van der Waals surface area (Å²) < 4.78 is 0. The average molecular weight is 477 g/mol. The molecule has 1 aromatic carbocycles. The lowest BCUT2D eigenvalue weighted by Crippen LogP contribution is -2.46. The number of imide groups is 1. The number of anilines is 1. The van der Waals surface area contributed by atoms with Crippen molar-refractivity contribution in [2.75, 3.05) is 18.0 Å². The number of hydrogen-bond acceptors (Lipinski definition) is 7. The fourth-order valence-electron chi connectivity index (χ4n) is 4.13. The van der Waals surface area contributed by atoms with Gasteiger partial charge < -0.3 is 0 Å². The summed E-state index contributed by atoms with van der Waals surface area (Å²) in [5.41, 5.74) is 0.381. The third-order valence-electron chi connectivity index (χ3n) is 5.71. The monoisotopic (exact) mass is 476 g/mol. The minimum Gasteiger partial charge on any atom is -0.291 e. The molecule has 2 aliphatic rings. The third kappa shape index (κ3) is 3.87. The molecule has 0 radical (unpaired) electrons. The van der Waals surface area contributed by atoms with Crippen LogP contribution in [0.1, 0.15) is 25.3 Å². The van der Waals surface area contributed by atoms with Gasteiger partial charge in [0.05, 0.1) is 34.1 Å². The van der Waals surface area contributed by atoms with Crippen molar-refractivity contribution < 1.29 is 9.59 Å². The molecular weight excluding hydrogens is 459 g/mol. The van der Waals surface area contributed by atoms with E-state index < -0.39 is 6.04 Å². The number of benzene rings is 1. The van der Waals surface area contributed by atoms with Crippen LogP contribution in [-0.2, 0) is 9.59 Å². The van der Waals surface area contributed by atoms with Crippen LogP contribution in [0.4, 0.5) is 5.69 Å². The normalized spacial score (nSPS) is 20.7. The molecule has 0 aliphatic carbocycles. The minimum atomic E-state index is -0.481. The number of rotatable bonds is 4. The van der Waals surface area contributed by atoms with Crippen LogP contribution in [0, 0.1) is 0 Å². The first-order valence-electron chi connectivity index (χ1n) is 9.90. The highest BCUT2D eigenvalue weighted by molar-refractivity contribution is 7.13. The molecule has 0 spiro atoms. The van der Waals surface area contributed by atoms with E-state index in [4.69, 9.17) is 23.2 Å². The Kier molecular flexibility index (Phi) is 5.51. The minimum absolute atomic E-state index is 0.117. The Morgan fingerprint density at radius 3 is 2.61 bits per heavy atom. The number of aromatic nitrogens is 4. The molecule has 0 saturated carbocycles. The number of halogens is 2. The Bertz CT molecular complexity index is 1130. The first-order chi connectivity index (χ1) is 15.0. The molecule has 31 heavy (non-hydrogen) atoms. The highest BCUT2D eigenvalue weighted by Crippen LogP contribution is 2.34. The van der Waals surface area contributed by atoms with Crippen molar-refractivity contribution in [1.82, 2.24) is 25.1 Å². The van der Waals surface area contributed by atoms with Gasteiger partial charge in [-0.3, -0.25) is 14.5 Å². The van der Waals surface area contributed by atoms with Crippen molar-refractivity contribution >= 4 is 52.0 Å². The van der Waals surface area contributed by atoms with E-state index >= 15 is 0 Å². The van der Waals surface area contributed by atoms with Crippen LogP contribution in [0.2, 0.25) is 10.0 Å². The SMILES string of the molecule is O=C1C[C@@H](N2CCC(n3nnc(-c4cccs4)n3)CC2)C(=O)N1c1ccc(Cl)cc1Cl. The number of nitrogens with zero attached hydrogens (tertiary/aromatic N) is 6. The molecule has 0 bridgehead atoms. The maximum absolute atomic E-state index is 13.1. The van der Waals surface area contributed by atoms with Gasteiger partial charge >= 0.3 is 0 Å². The number of tetrazole rings is 1. The summed E-state index contributed by atoms with van der Waals surface area (Å²) in [6, 6.07) is 8.33. The largest absolute Gasteiger partial charge is 0.291 e. The Labute approximate surface area is 192 Å². The molecule has 2 aliphatic heterocycles. The lowest BCUT2D eigenvalue weighted by molar-refractivity contribution is -0.123. The third-order valence-corrected chi connectivity index (χ3v) is 7.11. The van der Waals surface area contributed by atoms with Crippen LogP contribution in [-0.4, -0.2) is 56.1 Å². The van der Waals surface area contributed by atoms with Crippen LogP contribution in [0.15, 0.2) is 35.7 Å². The molecule has 0 N–H and O–H groups in total. The van der Waals surface area contributed by atoms with Gasteiger partial charge in [0.15, 0.2) is 0 Å². The van der Waals surface area contributed by atoms with Gasteiger partial charge in [0.25, 0.3) is 5.91 Å². The van der Waals surface area contributed by atoms with Crippen molar-refractivity contribution in [1.29, 1.82) is 0 Å². The predicted octanol–water partition coefficient (Wildman–Crippen LogP) is 3.68. The summed E-state index contributed by atoms with van der Waals surface area (Å²) in [6.45, 7) is 1.35. The highest BCUT2D eigenvalue weighted by Gasteiger charge is 2.44. The van der Waals surface area contributed by atoms with Gasteiger partial charge in [0.1, 0.15) is 0 Å². The zero-order valence-electron chi connectivity index (χ0n) is 16.3. The van der Waals surface area contributed by atoms with Gasteiger partial charge in [-0.05, 0) is 47.7 Å². The van der Waals surface area contributed by atoms with Crippen LogP contribution in [0.25, 0.3) is 10.7 Å². The summed E-state index contributed by atoms with van der Waals surface area (Å²) in [5, 5.41) is 15.6. The van der Waals surface area contributed by atoms with Gasteiger partial charge in [-0.1, -0.05) is 29.3 Å². The number of carbonyl (C=O) groups is 2. The van der Waals surface area contributed by atoms with E-state index in [0.717, 1.165) is 17.7 Å². The first kappa shape index (κ1) is 20.6. The first-order valence-corrected chi connectivity index (χ1v) is 11.5. The molecule has 2 amide bonds. The van der Waals surface area contributed by atoms with E-state index in [1.165, 1.54) is 11.0 Å². The van der Waals surface area contributed by atoms with Crippen molar-refractivity contribution in [3.8, 4) is 10.7 Å². The molecule has 2 aromatic heterocycles. The van der Waals surface area contributed by atoms with Crippen LogP contribution >= 0.6 is 34.5 Å². The second-order valence-electron chi connectivity index (χ2n) is 7.56. The Morgan fingerprint density at radius 2 is 1.90 bits per heavy atom. The lowest BCUT2D eigenvalue weighted by atomic mass is 10.0. The Morgan fingerprint density at radius 1 is 1.10 bits per heavy atom. The molecule has 2 saturated heterocycles. The van der Waals surface area contributed by atoms with Crippen LogP contribution in [0.3, 0.4) is 0 Å². The number of likely N-dealkylation sites (tertiary alicyclic amines) is 1. The smallest absolute Gasteiger partial charge is 0.251 e. The Balaban J connectivity index is 1.26. The van der Waals surface area contributed by atoms with E-state index in [0.29, 0.717) is 29.6 Å². The van der Waals surface area contributed by atoms with Gasteiger partial charge in [-0.15, -0.1) is 21.5 Å². The predicted molar refractivity (Wildman–Crippen MR) is 118 cm³/mol. The summed E-state index contributed by atoms with van der Waals surface area (Å²) in [7, 11) is 0. The van der Waals surface area contributed by atoms with Crippen molar-refractivity contribution in [3.05, 3.63) is 45.8 Å². The molecule has 8 nitrogen and oxygen atoms in total. The van der Waals surface area contributed by atoms with Gasteiger partial charge in [-0.25, -0.2) is 4.90 Å². The molecule has 2 fully saturated rings.